The smallest absolute Gasteiger partial charge is 0.253 e. The maximum atomic E-state index is 12.8. The molecule has 0 spiro atoms. The zero-order chi connectivity index (χ0) is 21.5. The number of hydrogen-bond donors (Lipinski definition) is 1. The van der Waals surface area contributed by atoms with Crippen molar-refractivity contribution in [1.29, 1.82) is 0 Å². The predicted octanol–water partition coefficient (Wildman–Crippen LogP) is 3.84. The second-order valence-corrected chi connectivity index (χ2v) is 9.06. The van der Waals surface area contributed by atoms with E-state index in [9.17, 15) is 14.4 Å². The van der Waals surface area contributed by atoms with Crippen molar-refractivity contribution in [3.63, 3.8) is 0 Å². The topological polar surface area (TPSA) is 69.7 Å². The lowest BCUT2D eigenvalue weighted by Gasteiger charge is -2.30. The SMILES string of the molecule is CCN(CC)C(=O)c1ccc2c(c1)N(CC(=O)NC1CCCCCCC1)C(=O)CS2. The Bertz CT molecular complexity index is 771. The van der Waals surface area contributed by atoms with Crippen LogP contribution in [0.15, 0.2) is 23.1 Å². The van der Waals surface area contributed by atoms with Crippen molar-refractivity contribution in [3.8, 4) is 0 Å². The molecule has 1 fully saturated rings. The van der Waals surface area contributed by atoms with E-state index in [1.807, 2.05) is 26.0 Å². The summed E-state index contributed by atoms with van der Waals surface area (Å²) in [5, 5.41) is 3.14. The van der Waals surface area contributed by atoms with Crippen LogP contribution in [0.25, 0.3) is 0 Å². The van der Waals surface area contributed by atoms with Crippen LogP contribution in [0.1, 0.15) is 69.2 Å². The lowest BCUT2D eigenvalue weighted by atomic mass is 9.97. The Balaban J connectivity index is 1.74. The summed E-state index contributed by atoms with van der Waals surface area (Å²) < 4.78 is 0. The van der Waals surface area contributed by atoms with E-state index < -0.39 is 0 Å². The largest absolute Gasteiger partial charge is 0.352 e. The molecule has 7 heteroatoms. The van der Waals surface area contributed by atoms with Gasteiger partial charge in [0.15, 0.2) is 0 Å². The van der Waals surface area contributed by atoms with Crippen molar-refractivity contribution < 1.29 is 14.4 Å². The third kappa shape index (κ3) is 5.56. The molecule has 1 saturated carbocycles. The van der Waals surface area contributed by atoms with E-state index in [1.165, 1.54) is 31.0 Å². The van der Waals surface area contributed by atoms with Gasteiger partial charge in [0.1, 0.15) is 6.54 Å². The minimum absolute atomic E-state index is 0.00576. The standard InChI is InChI=1S/C23H33N3O3S/c1-3-25(4-2)23(29)17-12-13-20-19(14-17)26(22(28)16-30-20)15-21(27)24-18-10-8-6-5-7-9-11-18/h12-14,18H,3-11,15-16H2,1-2H3,(H,24,27). The molecule has 3 rings (SSSR count). The molecule has 164 valence electrons. The monoisotopic (exact) mass is 431 g/mol. The summed E-state index contributed by atoms with van der Waals surface area (Å²) in [6.07, 6.45) is 8.04. The van der Waals surface area contributed by atoms with Crippen LogP contribution < -0.4 is 10.2 Å². The van der Waals surface area contributed by atoms with Crippen LogP contribution in [-0.4, -0.2) is 54.1 Å². The first kappa shape index (κ1) is 22.7. The molecule has 0 saturated heterocycles. The predicted molar refractivity (Wildman–Crippen MR) is 121 cm³/mol. The van der Waals surface area contributed by atoms with Crippen molar-refractivity contribution in [1.82, 2.24) is 10.2 Å². The molecule has 0 bridgehead atoms. The molecule has 3 amide bonds. The first-order chi connectivity index (χ1) is 14.5. The molecular weight excluding hydrogens is 398 g/mol. The van der Waals surface area contributed by atoms with Crippen molar-refractivity contribution in [2.75, 3.05) is 30.3 Å². The summed E-state index contributed by atoms with van der Waals surface area (Å²) in [6, 6.07) is 5.67. The van der Waals surface area contributed by atoms with E-state index in [0.717, 1.165) is 30.6 Å². The van der Waals surface area contributed by atoms with E-state index in [-0.39, 0.29) is 30.3 Å². The van der Waals surface area contributed by atoms with E-state index in [0.29, 0.717) is 30.1 Å². The van der Waals surface area contributed by atoms with Crippen molar-refractivity contribution in [3.05, 3.63) is 23.8 Å². The second-order valence-electron chi connectivity index (χ2n) is 8.04. The average Bonchev–Trinajstić information content (AvgIpc) is 2.72. The Morgan fingerprint density at radius 3 is 2.43 bits per heavy atom. The molecule has 0 atom stereocenters. The molecule has 0 unspecified atom stereocenters. The van der Waals surface area contributed by atoms with Gasteiger partial charge in [-0.05, 0) is 44.9 Å². The maximum absolute atomic E-state index is 12.8. The molecule has 1 aromatic rings. The zero-order valence-electron chi connectivity index (χ0n) is 18.1. The molecule has 1 aromatic carbocycles. The summed E-state index contributed by atoms with van der Waals surface area (Å²) >= 11 is 1.46. The number of rotatable bonds is 6. The Morgan fingerprint density at radius 2 is 1.77 bits per heavy atom. The highest BCUT2D eigenvalue weighted by Crippen LogP contribution is 2.36. The lowest BCUT2D eigenvalue weighted by molar-refractivity contribution is -0.123. The van der Waals surface area contributed by atoms with Crippen LogP contribution in [0, 0.1) is 0 Å². The van der Waals surface area contributed by atoms with Crippen LogP contribution in [0.2, 0.25) is 0 Å². The fraction of sp³-hybridized carbons (Fsp3) is 0.609. The van der Waals surface area contributed by atoms with Crippen LogP contribution in [0.4, 0.5) is 5.69 Å². The highest BCUT2D eigenvalue weighted by Gasteiger charge is 2.28. The Kier molecular flexibility index (Phi) is 8.19. The van der Waals surface area contributed by atoms with Crippen molar-refractivity contribution >= 4 is 35.2 Å². The van der Waals surface area contributed by atoms with E-state index in [1.54, 1.807) is 15.9 Å². The molecule has 2 aliphatic rings. The van der Waals surface area contributed by atoms with Gasteiger partial charge in [0.2, 0.25) is 11.8 Å². The third-order valence-electron chi connectivity index (χ3n) is 5.97. The van der Waals surface area contributed by atoms with Gasteiger partial charge in [0.25, 0.3) is 5.91 Å². The molecule has 1 heterocycles. The number of fused-ring (bicyclic) bond motifs is 1. The Hall–Kier alpha value is -2.02. The van der Waals surface area contributed by atoms with Gasteiger partial charge in [-0.25, -0.2) is 0 Å². The molecular formula is C23H33N3O3S. The van der Waals surface area contributed by atoms with Crippen LogP contribution in [0.5, 0.6) is 0 Å². The van der Waals surface area contributed by atoms with Crippen LogP contribution in [0.3, 0.4) is 0 Å². The lowest BCUT2D eigenvalue weighted by Crippen LogP contribution is -2.46. The van der Waals surface area contributed by atoms with E-state index in [2.05, 4.69) is 5.32 Å². The minimum atomic E-state index is -0.118. The zero-order valence-corrected chi connectivity index (χ0v) is 18.9. The van der Waals surface area contributed by atoms with E-state index >= 15 is 0 Å². The maximum Gasteiger partial charge on any atom is 0.253 e. The minimum Gasteiger partial charge on any atom is -0.352 e. The molecule has 1 aliphatic carbocycles. The van der Waals surface area contributed by atoms with Gasteiger partial charge in [0.05, 0.1) is 11.4 Å². The van der Waals surface area contributed by atoms with Gasteiger partial charge in [0, 0.05) is 29.6 Å². The first-order valence-corrected chi connectivity index (χ1v) is 12.2. The van der Waals surface area contributed by atoms with Gasteiger partial charge in [-0.1, -0.05) is 32.1 Å². The molecule has 1 N–H and O–H groups in total. The summed E-state index contributed by atoms with van der Waals surface area (Å²) in [5.74, 6) is 0.0531. The van der Waals surface area contributed by atoms with Crippen LogP contribution >= 0.6 is 11.8 Å². The number of carbonyl (C=O) groups excluding carboxylic acids is 3. The van der Waals surface area contributed by atoms with Gasteiger partial charge in [-0.3, -0.25) is 14.4 Å². The van der Waals surface area contributed by atoms with Gasteiger partial charge >= 0.3 is 0 Å². The normalized spacial score (nSPS) is 17.7. The molecule has 0 aromatic heterocycles. The molecule has 0 radical (unpaired) electrons. The van der Waals surface area contributed by atoms with Gasteiger partial charge in [-0.2, -0.15) is 0 Å². The molecule has 1 aliphatic heterocycles. The summed E-state index contributed by atoms with van der Waals surface area (Å²) in [5.41, 5.74) is 1.22. The number of amides is 3. The Morgan fingerprint density at radius 1 is 1.10 bits per heavy atom. The van der Waals surface area contributed by atoms with Crippen LogP contribution in [-0.2, 0) is 9.59 Å². The third-order valence-corrected chi connectivity index (χ3v) is 7.02. The number of benzene rings is 1. The summed E-state index contributed by atoms with van der Waals surface area (Å²) in [6.45, 7) is 5.17. The molecule has 6 nitrogen and oxygen atoms in total. The summed E-state index contributed by atoms with van der Waals surface area (Å²) in [4.78, 5) is 42.4. The fourth-order valence-corrected chi connectivity index (χ4v) is 5.14. The number of carbonyl (C=O) groups is 3. The second kappa shape index (κ2) is 10.8. The van der Waals surface area contributed by atoms with E-state index in [4.69, 9.17) is 0 Å². The number of hydrogen-bond acceptors (Lipinski definition) is 4. The van der Waals surface area contributed by atoms with Gasteiger partial charge < -0.3 is 15.1 Å². The number of anilines is 1. The first-order valence-electron chi connectivity index (χ1n) is 11.2. The van der Waals surface area contributed by atoms with Crippen molar-refractivity contribution in [2.24, 2.45) is 0 Å². The molecule has 30 heavy (non-hydrogen) atoms. The number of nitrogens with one attached hydrogen (secondary N) is 1. The quantitative estimate of drug-likeness (QED) is 0.743. The summed E-state index contributed by atoms with van der Waals surface area (Å²) in [7, 11) is 0. The van der Waals surface area contributed by atoms with Crippen molar-refractivity contribution in [2.45, 2.75) is 69.7 Å². The number of nitrogens with zero attached hydrogens (tertiary/aromatic N) is 2. The average molecular weight is 432 g/mol. The highest BCUT2D eigenvalue weighted by atomic mass is 32.2. The highest BCUT2D eigenvalue weighted by molar-refractivity contribution is 8.00. The van der Waals surface area contributed by atoms with Gasteiger partial charge in [-0.15, -0.1) is 11.8 Å². The Labute approximate surface area is 183 Å². The number of thioether (sulfide) groups is 1. The fourth-order valence-electron chi connectivity index (χ4n) is 4.22.